The SMILES string of the molecule is CC.CC(C(=O)O)c1cccc(F)c1-c1ccccc1. The monoisotopic (exact) mass is 274 g/mol. The molecular formula is C17H19FO2. The highest BCUT2D eigenvalue weighted by molar-refractivity contribution is 5.80. The van der Waals surface area contributed by atoms with Crippen LogP contribution in [-0.2, 0) is 4.79 Å². The Labute approximate surface area is 118 Å². The number of carboxylic acids is 1. The predicted molar refractivity (Wildman–Crippen MR) is 79.2 cm³/mol. The van der Waals surface area contributed by atoms with Crippen molar-refractivity contribution in [1.82, 2.24) is 0 Å². The Hall–Kier alpha value is -2.16. The molecule has 0 amide bonds. The maximum atomic E-state index is 14.0. The van der Waals surface area contributed by atoms with Crippen molar-refractivity contribution in [2.24, 2.45) is 0 Å². The number of carbonyl (C=O) groups is 1. The number of rotatable bonds is 3. The van der Waals surface area contributed by atoms with Gasteiger partial charge in [0.05, 0.1) is 5.92 Å². The Morgan fingerprint density at radius 2 is 1.65 bits per heavy atom. The molecule has 0 aliphatic rings. The minimum absolute atomic E-state index is 0.369. The Morgan fingerprint density at radius 1 is 1.05 bits per heavy atom. The van der Waals surface area contributed by atoms with E-state index in [1.54, 1.807) is 37.3 Å². The summed E-state index contributed by atoms with van der Waals surface area (Å²) in [6.45, 7) is 5.56. The second-order valence-corrected chi connectivity index (χ2v) is 4.13. The van der Waals surface area contributed by atoms with E-state index in [1.807, 2.05) is 19.9 Å². The molecule has 2 nitrogen and oxygen atoms in total. The third-order valence-electron chi connectivity index (χ3n) is 2.95. The zero-order valence-electron chi connectivity index (χ0n) is 11.9. The van der Waals surface area contributed by atoms with Crippen molar-refractivity contribution in [3.63, 3.8) is 0 Å². The minimum Gasteiger partial charge on any atom is -0.481 e. The van der Waals surface area contributed by atoms with E-state index in [-0.39, 0.29) is 0 Å². The Kier molecular flexibility index (Phi) is 5.91. The lowest BCUT2D eigenvalue weighted by Crippen LogP contribution is -2.09. The van der Waals surface area contributed by atoms with Gasteiger partial charge >= 0.3 is 5.97 Å². The van der Waals surface area contributed by atoms with Crippen LogP contribution in [0, 0.1) is 5.82 Å². The molecule has 20 heavy (non-hydrogen) atoms. The van der Waals surface area contributed by atoms with E-state index < -0.39 is 17.7 Å². The molecule has 0 spiro atoms. The van der Waals surface area contributed by atoms with Crippen LogP contribution >= 0.6 is 0 Å². The van der Waals surface area contributed by atoms with Gasteiger partial charge in [-0.1, -0.05) is 56.3 Å². The van der Waals surface area contributed by atoms with Gasteiger partial charge in [0.25, 0.3) is 0 Å². The highest BCUT2D eigenvalue weighted by Crippen LogP contribution is 2.31. The van der Waals surface area contributed by atoms with Crippen molar-refractivity contribution in [2.45, 2.75) is 26.7 Å². The normalized spacial score (nSPS) is 11.2. The van der Waals surface area contributed by atoms with E-state index in [0.29, 0.717) is 16.7 Å². The molecule has 0 saturated heterocycles. The standard InChI is InChI=1S/C15H13FO2.C2H6/c1-10(15(17)18)12-8-5-9-13(16)14(12)11-6-3-2-4-7-11;1-2/h2-10H,1H3,(H,17,18);1-2H3. The highest BCUT2D eigenvalue weighted by Gasteiger charge is 2.20. The molecule has 0 fully saturated rings. The largest absolute Gasteiger partial charge is 0.481 e. The number of benzene rings is 2. The number of halogens is 1. The second-order valence-electron chi connectivity index (χ2n) is 4.13. The summed E-state index contributed by atoms with van der Waals surface area (Å²) in [5.74, 6) is -2.10. The molecular weight excluding hydrogens is 255 g/mol. The summed E-state index contributed by atoms with van der Waals surface area (Å²) in [7, 11) is 0. The molecule has 0 aromatic heterocycles. The molecule has 0 heterocycles. The highest BCUT2D eigenvalue weighted by atomic mass is 19.1. The zero-order valence-corrected chi connectivity index (χ0v) is 11.9. The van der Waals surface area contributed by atoms with Crippen LogP contribution in [0.2, 0.25) is 0 Å². The first-order valence-corrected chi connectivity index (χ1v) is 6.68. The fourth-order valence-corrected chi connectivity index (χ4v) is 1.94. The molecule has 1 N–H and O–H groups in total. The van der Waals surface area contributed by atoms with Crippen molar-refractivity contribution in [2.75, 3.05) is 0 Å². The molecule has 2 rings (SSSR count). The molecule has 2 aromatic carbocycles. The summed E-state index contributed by atoms with van der Waals surface area (Å²) < 4.78 is 14.0. The Bertz CT molecular complexity index is 564. The van der Waals surface area contributed by atoms with Gasteiger partial charge in [-0.2, -0.15) is 0 Å². The average molecular weight is 274 g/mol. The lowest BCUT2D eigenvalue weighted by atomic mass is 9.91. The topological polar surface area (TPSA) is 37.3 Å². The van der Waals surface area contributed by atoms with Crippen LogP contribution in [0.3, 0.4) is 0 Å². The molecule has 0 saturated carbocycles. The summed E-state index contributed by atoms with van der Waals surface area (Å²) in [5, 5.41) is 9.08. The van der Waals surface area contributed by atoms with Crippen LogP contribution in [0.25, 0.3) is 11.1 Å². The average Bonchev–Trinajstić information content (AvgIpc) is 2.49. The minimum atomic E-state index is -0.960. The van der Waals surface area contributed by atoms with Gasteiger partial charge in [0, 0.05) is 5.56 Å². The first kappa shape index (κ1) is 15.9. The summed E-state index contributed by atoms with van der Waals surface area (Å²) >= 11 is 0. The van der Waals surface area contributed by atoms with Crippen molar-refractivity contribution < 1.29 is 14.3 Å². The zero-order chi connectivity index (χ0) is 15.1. The fraction of sp³-hybridized carbons (Fsp3) is 0.235. The number of hydrogen-bond acceptors (Lipinski definition) is 1. The second kappa shape index (κ2) is 7.43. The summed E-state index contributed by atoms with van der Waals surface area (Å²) in [6, 6.07) is 13.5. The van der Waals surface area contributed by atoms with Gasteiger partial charge in [-0.3, -0.25) is 4.79 Å². The van der Waals surface area contributed by atoms with Crippen molar-refractivity contribution in [1.29, 1.82) is 0 Å². The van der Waals surface area contributed by atoms with Crippen LogP contribution < -0.4 is 0 Å². The van der Waals surface area contributed by atoms with Crippen molar-refractivity contribution in [3.05, 3.63) is 59.9 Å². The molecule has 106 valence electrons. The molecule has 2 aromatic rings. The van der Waals surface area contributed by atoms with Gasteiger partial charge in [0.15, 0.2) is 0 Å². The maximum absolute atomic E-state index is 14.0. The quantitative estimate of drug-likeness (QED) is 0.880. The molecule has 1 unspecified atom stereocenters. The van der Waals surface area contributed by atoms with Gasteiger partial charge in [0.1, 0.15) is 5.82 Å². The number of carboxylic acid groups (broad SMARTS) is 1. The molecule has 3 heteroatoms. The summed E-state index contributed by atoms with van der Waals surface area (Å²) in [5.41, 5.74) is 1.56. The molecule has 0 aliphatic carbocycles. The summed E-state index contributed by atoms with van der Waals surface area (Å²) in [4.78, 5) is 11.1. The molecule has 0 radical (unpaired) electrons. The smallest absolute Gasteiger partial charge is 0.310 e. The van der Waals surface area contributed by atoms with E-state index in [9.17, 15) is 9.18 Å². The van der Waals surface area contributed by atoms with Gasteiger partial charge in [-0.05, 0) is 24.1 Å². The Balaban J connectivity index is 0.000000956. The molecule has 1 atom stereocenters. The first-order chi connectivity index (χ1) is 9.61. The van der Waals surface area contributed by atoms with Gasteiger partial charge < -0.3 is 5.11 Å². The number of aliphatic carboxylic acids is 1. The van der Waals surface area contributed by atoms with Crippen molar-refractivity contribution >= 4 is 5.97 Å². The van der Waals surface area contributed by atoms with Gasteiger partial charge in [-0.15, -0.1) is 0 Å². The number of hydrogen-bond donors (Lipinski definition) is 1. The molecule has 0 bridgehead atoms. The lowest BCUT2D eigenvalue weighted by molar-refractivity contribution is -0.138. The van der Waals surface area contributed by atoms with E-state index in [2.05, 4.69) is 0 Å². The van der Waals surface area contributed by atoms with Gasteiger partial charge in [0.2, 0.25) is 0 Å². The van der Waals surface area contributed by atoms with E-state index in [0.717, 1.165) is 0 Å². The van der Waals surface area contributed by atoms with E-state index in [4.69, 9.17) is 5.11 Å². The van der Waals surface area contributed by atoms with Crippen LogP contribution in [0.1, 0.15) is 32.3 Å². The van der Waals surface area contributed by atoms with Crippen LogP contribution in [0.15, 0.2) is 48.5 Å². The molecule has 0 aliphatic heterocycles. The first-order valence-electron chi connectivity index (χ1n) is 6.68. The lowest BCUT2D eigenvalue weighted by Gasteiger charge is -2.14. The van der Waals surface area contributed by atoms with Crippen LogP contribution in [0.4, 0.5) is 4.39 Å². The van der Waals surface area contributed by atoms with Crippen LogP contribution in [0.5, 0.6) is 0 Å². The fourth-order valence-electron chi connectivity index (χ4n) is 1.94. The Morgan fingerprint density at radius 3 is 2.20 bits per heavy atom. The third-order valence-corrected chi connectivity index (χ3v) is 2.95. The van der Waals surface area contributed by atoms with Gasteiger partial charge in [-0.25, -0.2) is 4.39 Å². The van der Waals surface area contributed by atoms with Crippen molar-refractivity contribution in [3.8, 4) is 11.1 Å². The predicted octanol–water partition coefficient (Wildman–Crippen LogP) is 4.71. The third kappa shape index (κ3) is 3.44. The van der Waals surface area contributed by atoms with E-state index in [1.165, 1.54) is 12.1 Å². The van der Waals surface area contributed by atoms with E-state index >= 15 is 0 Å². The maximum Gasteiger partial charge on any atom is 0.310 e. The van der Waals surface area contributed by atoms with Crippen LogP contribution in [-0.4, -0.2) is 11.1 Å². The summed E-state index contributed by atoms with van der Waals surface area (Å²) in [6.07, 6.45) is 0.